The Bertz CT molecular complexity index is 520. The zero-order valence-electron chi connectivity index (χ0n) is 12.4. The standard InChI is InChI=1S/C13H19N3O6/c1-8(14)11(18)16-13(19)22-12-10(17)9(4-5-15-12)21-7-3-6-20-2/h4-5,8,17H,3,6-7,14H2,1-2H3,(H,16,18,19)/t8-/m1/s1. The molecule has 1 heterocycles. The molecule has 2 amide bonds. The van der Waals surface area contributed by atoms with Gasteiger partial charge in [0.2, 0.25) is 11.7 Å². The topological polar surface area (TPSA) is 133 Å². The summed E-state index contributed by atoms with van der Waals surface area (Å²) in [6, 6.07) is 0.546. The lowest BCUT2D eigenvalue weighted by Gasteiger charge is -2.11. The number of aromatic hydroxyl groups is 1. The lowest BCUT2D eigenvalue weighted by molar-refractivity contribution is -0.121. The zero-order valence-corrected chi connectivity index (χ0v) is 12.4. The number of hydrogen-bond donors (Lipinski definition) is 3. The number of carbonyl (C=O) groups is 2. The maximum atomic E-state index is 11.5. The van der Waals surface area contributed by atoms with Crippen LogP contribution in [-0.2, 0) is 9.53 Å². The van der Waals surface area contributed by atoms with Gasteiger partial charge in [0.1, 0.15) is 0 Å². The van der Waals surface area contributed by atoms with Crippen LogP contribution in [0.3, 0.4) is 0 Å². The van der Waals surface area contributed by atoms with Gasteiger partial charge in [-0.05, 0) is 6.92 Å². The maximum Gasteiger partial charge on any atom is 0.420 e. The second kappa shape index (κ2) is 8.80. The molecule has 1 aromatic rings. The molecule has 122 valence electrons. The maximum absolute atomic E-state index is 11.5. The van der Waals surface area contributed by atoms with Gasteiger partial charge in [-0.25, -0.2) is 9.78 Å². The summed E-state index contributed by atoms with van der Waals surface area (Å²) in [5.41, 5.74) is 5.30. The van der Waals surface area contributed by atoms with Crippen LogP contribution in [0, 0.1) is 0 Å². The quantitative estimate of drug-likeness (QED) is 0.606. The summed E-state index contributed by atoms with van der Waals surface area (Å²) < 4.78 is 14.9. The number of aromatic nitrogens is 1. The van der Waals surface area contributed by atoms with Gasteiger partial charge in [-0.1, -0.05) is 0 Å². The van der Waals surface area contributed by atoms with Crippen molar-refractivity contribution in [1.82, 2.24) is 10.3 Å². The average molecular weight is 313 g/mol. The Morgan fingerprint density at radius 3 is 2.82 bits per heavy atom. The number of pyridine rings is 1. The van der Waals surface area contributed by atoms with Crippen molar-refractivity contribution in [2.45, 2.75) is 19.4 Å². The van der Waals surface area contributed by atoms with Crippen molar-refractivity contribution in [2.24, 2.45) is 5.73 Å². The van der Waals surface area contributed by atoms with Crippen LogP contribution in [0.5, 0.6) is 17.4 Å². The highest BCUT2D eigenvalue weighted by Gasteiger charge is 2.18. The van der Waals surface area contributed by atoms with Gasteiger partial charge in [-0.15, -0.1) is 0 Å². The van der Waals surface area contributed by atoms with Crippen molar-refractivity contribution in [2.75, 3.05) is 20.3 Å². The zero-order chi connectivity index (χ0) is 16.5. The summed E-state index contributed by atoms with van der Waals surface area (Å²) in [7, 11) is 1.57. The van der Waals surface area contributed by atoms with Crippen molar-refractivity contribution in [3.05, 3.63) is 12.3 Å². The lowest BCUT2D eigenvalue weighted by Crippen LogP contribution is -2.42. The highest BCUT2D eigenvalue weighted by molar-refractivity contribution is 5.95. The van der Waals surface area contributed by atoms with Gasteiger partial charge in [-0.3, -0.25) is 10.1 Å². The summed E-state index contributed by atoms with van der Waals surface area (Å²) in [5.74, 6) is -1.42. The number of nitrogens with zero attached hydrogens (tertiary/aromatic N) is 1. The minimum Gasteiger partial charge on any atom is -0.501 e. The molecule has 0 fully saturated rings. The Kier molecular flexibility index (Phi) is 7.06. The molecule has 1 atom stereocenters. The number of nitrogens with two attached hydrogens (primary N) is 1. The number of nitrogens with one attached hydrogen (secondary N) is 1. The lowest BCUT2D eigenvalue weighted by atomic mass is 10.3. The summed E-state index contributed by atoms with van der Waals surface area (Å²) >= 11 is 0. The van der Waals surface area contributed by atoms with Gasteiger partial charge >= 0.3 is 6.09 Å². The fourth-order valence-corrected chi connectivity index (χ4v) is 1.32. The summed E-state index contributed by atoms with van der Waals surface area (Å²) in [6.07, 6.45) is 0.820. The first-order valence-corrected chi connectivity index (χ1v) is 6.53. The van der Waals surface area contributed by atoms with Crippen molar-refractivity contribution < 1.29 is 28.9 Å². The Balaban J connectivity index is 2.63. The minimum absolute atomic E-state index is 0.104. The van der Waals surface area contributed by atoms with Crippen molar-refractivity contribution in [3.63, 3.8) is 0 Å². The molecule has 0 aromatic carbocycles. The summed E-state index contributed by atoms with van der Waals surface area (Å²) in [5, 5.41) is 11.8. The van der Waals surface area contributed by atoms with E-state index in [0.29, 0.717) is 19.6 Å². The monoisotopic (exact) mass is 313 g/mol. The number of rotatable bonds is 7. The van der Waals surface area contributed by atoms with Gasteiger partial charge in [0.25, 0.3) is 5.88 Å². The Hall–Kier alpha value is -2.39. The highest BCUT2D eigenvalue weighted by atomic mass is 16.6. The minimum atomic E-state index is -1.10. The van der Waals surface area contributed by atoms with Crippen LogP contribution in [-0.4, -0.2) is 48.5 Å². The van der Waals surface area contributed by atoms with E-state index in [-0.39, 0.29) is 11.6 Å². The number of hydrogen-bond acceptors (Lipinski definition) is 8. The third kappa shape index (κ3) is 5.54. The fraction of sp³-hybridized carbons (Fsp3) is 0.462. The molecule has 1 aromatic heterocycles. The predicted octanol–water partition coefficient (Wildman–Crippen LogP) is 0.165. The molecule has 22 heavy (non-hydrogen) atoms. The van der Waals surface area contributed by atoms with Gasteiger partial charge in [0.15, 0.2) is 5.75 Å². The van der Waals surface area contributed by atoms with Crippen LogP contribution in [0.2, 0.25) is 0 Å². The van der Waals surface area contributed by atoms with Crippen LogP contribution >= 0.6 is 0 Å². The van der Waals surface area contributed by atoms with Crippen molar-refractivity contribution >= 4 is 12.0 Å². The highest BCUT2D eigenvalue weighted by Crippen LogP contribution is 2.33. The van der Waals surface area contributed by atoms with E-state index in [4.69, 9.17) is 19.9 Å². The van der Waals surface area contributed by atoms with E-state index in [1.807, 2.05) is 5.32 Å². The summed E-state index contributed by atoms with van der Waals surface area (Å²) in [4.78, 5) is 26.4. The normalized spacial score (nSPS) is 11.6. The van der Waals surface area contributed by atoms with Gasteiger partial charge in [0, 0.05) is 32.4 Å². The smallest absolute Gasteiger partial charge is 0.420 e. The first-order chi connectivity index (χ1) is 10.5. The van der Waals surface area contributed by atoms with Gasteiger partial charge < -0.3 is 25.1 Å². The van der Waals surface area contributed by atoms with E-state index in [2.05, 4.69) is 4.98 Å². The molecular formula is C13H19N3O6. The summed E-state index contributed by atoms with van der Waals surface area (Å²) in [6.45, 7) is 2.23. The number of imide groups is 1. The second-order valence-electron chi connectivity index (χ2n) is 4.33. The molecule has 0 aliphatic carbocycles. The first-order valence-electron chi connectivity index (χ1n) is 6.53. The molecule has 1 rings (SSSR count). The molecule has 0 bridgehead atoms. The van der Waals surface area contributed by atoms with E-state index in [9.17, 15) is 14.7 Å². The predicted molar refractivity (Wildman–Crippen MR) is 75.7 cm³/mol. The van der Waals surface area contributed by atoms with Crippen molar-refractivity contribution in [1.29, 1.82) is 0 Å². The van der Waals surface area contributed by atoms with E-state index in [0.717, 1.165) is 0 Å². The average Bonchev–Trinajstić information content (AvgIpc) is 2.47. The van der Waals surface area contributed by atoms with Crippen LogP contribution in [0.1, 0.15) is 13.3 Å². The number of methoxy groups -OCH3 is 1. The van der Waals surface area contributed by atoms with Crippen LogP contribution in [0.4, 0.5) is 4.79 Å². The van der Waals surface area contributed by atoms with Crippen molar-refractivity contribution in [3.8, 4) is 17.4 Å². The SMILES string of the molecule is COCCCOc1ccnc(OC(=O)NC(=O)[C@@H](C)N)c1O. The molecule has 0 radical (unpaired) electrons. The van der Waals surface area contributed by atoms with E-state index < -0.39 is 23.8 Å². The Morgan fingerprint density at radius 2 is 2.18 bits per heavy atom. The molecule has 0 saturated heterocycles. The third-order valence-corrected chi connectivity index (χ3v) is 2.43. The molecule has 9 nitrogen and oxygen atoms in total. The number of carbonyl (C=O) groups excluding carboxylic acids is 2. The van der Waals surface area contributed by atoms with E-state index >= 15 is 0 Å². The molecule has 4 N–H and O–H groups in total. The van der Waals surface area contributed by atoms with E-state index in [1.54, 1.807) is 7.11 Å². The molecule has 0 unspecified atom stereocenters. The first kappa shape index (κ1) is 17.7. The second-order valence-corrected chi connectivity index (χ2v) is 4.33. The van der Waals surface area contributed by atoms with Crippen LogP contribution < -0.4 is 20.5 Å². The molecular weight excluding hydrogens is 294 g/mol. The molecule has 0 aliphatic heterocycles. The Morgan fingerprint density at radius 1 is 1.45 bits per heavy atom. The molecule has 0 saturated carbocycles. The molecule has 0 aliphatic rings. The van der Waals surface area contributed by atoms with Gasteiger partial charge in [-0.2, -0.15) is 0 Å². The molecule has 0 spiro atoms. The Labute approximate surface area is 127 Å². The van der Waals surface area contributed by atoms with Crippen LogP contribution in [0.25, 0.3) is 0 Å². The number of ether oxygens (including phenoxy) is 3. The fourth-order valence-electron chi connectivity index (χ4n) is 1.32. The third-order valence-electron chi connectivity index (χ3n) is 2.43. The van der Waals surface area contributed by atoms with E-state index in [1.165, 1.54) is 19.2 Å². The number of amides is 2. The van der Waals surface area contributed by atoms with Gasteiger partial charge in [0.05, 0.1) is 12.6 Å². The largest absolute Gasteiger partial charge is 0.501 e. The van der Waals surface area contributed by atoms with Crippen LogP contribution in [0.15, 0.2) is 12.3 Å². The molecule has 9 heteroatoms.